The maximum Gasteiger partial charge on any atom is 0.337 e. The average molecular weight is 458 g/mol. The smallest absolute Gasteiger partial charge is 0.337 e. The highest BCUT2D eigenvalue weighted by Gasteiger charge is 2.37. The third kappa shape index (κ3) is 4.76. The Bertz CT molecular complexity index is 1160. The predicted octanol–water partition coefficient (Wildman–Crippen LogP) is 1.66. The van der Waals surface area contributed by atoms with Crippen LogP contribution in [0, 0.1) is 0 Å². The van der Waals surface area contributed by atoms with Crippen LogP contribution in [-0.2, 0) is 19.1 Å². The lowest BCUT2D eigenvalue weighted by Gasteiger charge is -2.26. The Morgan fingerprint density at radius 1 is 1.12 bits per heavy atom. The van der Waals surface area contributed by atoms with E-state index in [0.29, 0.717) is 0 Å². The number of primary amides is 1. The predicted molar refractivity (Wildman–Crippen MR) is 113 cm³/mol. The van der Waals surface area contributed by atoms with Crippen molar-refractivity contribution >= 4 is 53.1 Å². The minimum atomic E-state index is -0.959. The van der Waals surface area contributed by atoms with Gasteiger partial charge in [0.05, 0.1) is 18.4 Å². The standard InChI is InChI=1S/C21H16ClN3O7/c1-31-20(29)11-2-5-14(6-3-11)25-19(28)15(18(27)24-21(25)30)9-12-8-13(22)4-7-16(12)32-10-17(23)26/h2-9H,10H2,1H3,(H2,23,26)(H,24,27,30)/b15-9+. The molecule has 0 unspecified atom stereocenters. The molecule has 32 heavy (non-hydrogen) atoms. The number of methoxy groups -OCH3 is 1. The molecule has 3 N–H and O–H groups in total. The monoisotopic (exact) mass is 457 g/mol. The summed E-state index contributed by atoms with van der Waals surface area (Å²) in [6.07, 6.45) is 1.18. The summed E-state index contributed by atoms with van der Waals surface area (Å²) in [6.45, 7) is -0.435. The normalized spacial score (nSPS) is 14.9. The second kappa shape index (κ2) is 9.31. The van der Waals surface area contributed by atoms with E-state index >= 15 is 0 Å². The maximum atomic E-state index is 13.0. The number of nitrogens with one attached hydrogen (secondary N) is 1. The Morgan fingerprint density at radius 2 is 1.81 bits per heavy atom. The zero-order chi connectivity index (χ0) is 23.4. The third-order valence-corrected chi connectivity index (χ3v) is 4.52. The lowest BCUT2D eigenvalue weighted by Crippen LogP contribution is -2.54. The van der Waals surface area contributed by atoms with Gasteiger partial charge in [-0.25, -0.2) is 14.5 Å². The Kier molecular flexibility index (Phi) is 6.55. The molecular formula is C21H16ClN3O7. The number of esters is 1. The van der Waals surface area contributed by atoms with Crippen LogP contribution in [0.25, 0.3) is 6.08 Å². The Labute approximate surface area is 186 Å². The molecule has 0 bridgehead atoms. The fourth-order valence-electron chi connectivity index (χ4n) is 2.82. The number of halogens is 1. The van der Waals surface area contributed by atoms with Crippen LogP contribution in [0.15, 0.2) is 48.0 Å². The SMILES string of the molecule is COC(=O)c1ccc(N2C(=O)NC(=O)/C(=C\c3cc(Cl)ccc3OCC(N)=O)C2=O)cc1. The fraction of sp³-hybridized carbons (Fsp3) is 0.0952. The zero-order valence-corrected chi connectivity index (χ0v) is 17.3. The number of anilines is 1. The molecule has 1 aliphatic rings. The van der Waals surface area contributed by atoms with Crippen molar-refractivity contribution in [1.29, 1.82) is 0 Å². The molecule has 1 heterocycles. The molecule has 10 nitrogen and oxygen atoms in total. The Balaban J connectivity index is 1.98. The van der Waals surface area contributed by atoms with Crippen LogP contribution >= 0.6 is 11.6 Å². The molecule has 1 fully saturated rings. The number of amides is 5. The summed E-state index contributed by atoms with van der Waals surface area (Å²) in [7, 11) is 1.22. The van der Waals surface area contributed by atoms with Crippen LogP contribution in [0.2, 0.25) is 5.02 Å². The van der Waals surface area contributed by atoms with Crippen LogP contribution in [0.4, 0.5) is 10.5 Å². The number of nitrogens with two attached hydrogens (primary N) is 1. The van der Waals surface area contributed by atoms with Crippen molar-refractivity contribution in [1.82, 2.24) is 5.32 Å². The molecule has 5 amide bonds. The van der Waals surface area contributed by atoms with Crippen molar-refractivity contribution in [2.24, 2.45) is 5.73 Å². The van der Waals surface area contributed by atoms with Crippen molar-refractivity contribution in [3.05, 3.63) is 64.2 Å². The molecule has 0 saturated carbocycles. The number of imide groups is 2. The van der Waals surface area contributed by atoms with Gasteiger partial charge in [-0.05, 0) is 48.5 Å². The summed E-state index contributed by atoms with van der Waals surface area (Å²) in [6, 6.07) is 8.84. The number of carbonyl (C=O) groups is 5. The summed E-state index contributed by atoms with van der Waals surface area (Å²) in [5, 5.41) is 2.36. The largest absolute Gasteiger partial charge is 0.483 e. The first-order valence-corrected chi connectivity index (χ1v) is 9.39. The first-order valence-electron chi connectivity index (χ1n) is 9.01. The molecule has 11 heteroatoms. The van der Waals surface area contributed by atoms with Crippen LogP contribution in [0.1, 0.15) is 15.9 Å². The molecule has 2 aromatic rings. The summed E-state index contributed by atoms with van der Waals surface area (Å²) in [4.78, 5) is 61.1. The molecule has 2 aromatic carbocycles. The number of urea groups is 1. The molecule has 0 spiro atoms. The van der Waals surface area contributed by atoms with E-state index in [2.05, 4.69) is 10.1 Å². The number of hydrogen-bond donors (Lipinski definition) is 2. The van der Waals surface area contributed by atoms with E-state index in [4.69, 9.17) is 22.1 Å². The van der Waals surface area contributed by atoms with E-state index < -0.39 is 36.3 Å². The fourth-order valence-corrected chi connectivity index (χ4v) is 3.00. The minimum absolute atomic E-state index is 0.120. The number of ether oxygens (including phenoxy) is 2. The second-order valence-corrected chi connectivity index (χ2v) is 6.87. The van der Waals surface area contributed by atoms with E-state index in [1.807, 2.05) is 0 Å². The minimum Gasteiger partial charge on any atom is -0.483 e. The molecule has 0 aliphatic carbocycles. The van der Waals surface area contributed by atoms with Crippen LogP contribution in [0.5, 0.6) is 5.75 Å². The molecule has 1 saturated heterocycles. The van der Waals surface area contributed by atoms with E-state index in [-0.39, 0.29) is 33.2 Å². The Morgan fingerprint density at radius 3 is 2.44 bits per heavy atom. The molecule has 0 radical (unpaired) electrons. The average Bonchev–Trinajstić information content (AvgIpc) is 2.75. The number of hydrogen-bond acceptors (Lipinski definition) is 7. The van der Waals surface area contributed by atoms with Crippen LogP contribution < -0.4 is 20.7 Å². The van der Waals surface area contributed by atoms with E-state index in [1.165, 1.54) is 55.7 Å². The van der Waals surface area contributed by atoms with Crippen molar-refractivity contribution in [2.75, 3.05) is 18.6 Å². The van der Waals surface area contributed by atoms with Gasteiger partial charge in [0.15, 0.2) is 6.61 Å². The molecular weight excluding hydrogens is 442 g/mol. The summed E-state index contributed by atoms with van der Waals surface area (Å²) in [5.74, 6) is -3.01. The van der Waals surface area contributed by atoms with E-state index in [0.717, 1.165) is 4.90 Å². The topological polar surface area (TPSA) is 145 Å². The molecule has 1 aliphatic heterocycles. The van der Waals surface area contributed by atoms with Gasteiger partial charge in [-0.1, -0.05) is 11.6 Å². The second-order valence-electron chi connectivity index (χ2n) is 6.43. The number of rotatable bonds is 6. The lowest BCUT2D eigenvalue weighted by atomic mass is 10.1. The van der Waals surface area contributed by atoms with Crippen LogP contribution in [0.3, 0.4) is 0 Å². The summed E-state index contributed by atoms with van der Waals surface area (Å²) < 4.78 is 9.91. The van der Waals surface area contributed by atoms with E-state index in [1.54, 1.807) is 0 Å². The van der Waals surface area contributed by atoms with Gasteiger partial charge in [-0.2, -0.15) is 0 Å². The van der Waals surface area contributed by atoms with Crippen molar-refractivity contribution in [3.8, 4) is 5.75 Å². The van der Waals surface area contributed by atoms with Crippen molar-refractivity contribution < 1.29 is 33.4 Å². The quantitative estimate of drug-likeness (QED) is 0.381. The molecule has 0 atom stereocenters. The van der Waals surface area contributed by atoms with E-state index in [9.17, 15) is 24.0 Å². The van der Waals surface area contributed by atoms with Crippen molar-refractivity contribution in [2.45, 2.75) is 0 Å². The van der Waals surface area contributed by atoms with Crippen molar-refractivity contribution in [3.63, 3.8) is 0 Å². The van der Waals surface area contributed by atoms with Gasteiger partial charge in [0, 0.05) is 10.6 Å². The molecule has 3 rings (SSSR count). The zero-order valence-electron chi connectivity index (χ0n) is 16.6. The summed E-state index contributed by atoms with van der Waals surface area (Å²) >= 11 is 6.01. The number of nitrogens with zero attached hydrogens (tertiary/aromatic N) is 1. The summed E-state index contributed by atoms with van der Waals surface area (Å²) in [5.41, 5.74) is 5.25. The molecule has 164 valence electrons. The van der Waals surface area contributed by atoms with Gasteiger partial charge < -0.3 is 15.2 Å². The third-order valence-electron chi connectivity index (χ3n) is 4.29. The first-order chi connectivity index (χ1) is 15.2. The Hall–Kier alpha value is -4.18. The molecule has 0 aromatic heterocycles. The number of barbiturate groups is 1. The van der Waals surface area contributed by atoms with Gasteiger partial charge in [0.25, 0.3) is 17.7 Å². The van der Waals surface area contributed by atoms with Gasteiger partial charge >= 0.3 is 12.0 Å². The number of benzene rings is 2. The first kappa shape index (κ1) is 22.5. The lowest BCUT2D eigenvalue weighted by molar-refractivity contribution is -0.123. The van der Waals surface area contributed by atoms with Gasteiger partial charge in [-0.3, -0.25) is 19.7 Å². The highest BCUT2D eigenvalue weighted by molar-refractivity contribution is 6.39. The van der Waals surface area contributed by atoms with Gasteiger partial charge in [0.1, 0.15) is 11.3 Å². The van der Waals surface area contributed by atoms with Gasteiger partial charge in [-0.15, -0.1) is 0 Å². The highest BCUT2D eigenvalue weighted by atomic mass is 35.5. The van der Waals surface area contributed by atoms with Crippen LogP contribution in [-0.4, -0.2) is 43.4 Å². The van der Waals surface area contributed by atoms with Gasteiger partial charge in [0.2, 0.25) is 0 Å². The maximum absolute atomic E-state index is 13.0. The highest BCUT2D eigenvalue weighted by Crippen LogP contribution is 2.28. The number of carbonyl (C=O) groups excluding carboxylic acids is 5.